The maximum Gasteiger partial charge on any atom is 0.348 e. The molecule has 4 rings (SSSR count). The summed E-state index contributed by atoms with van der Waals surface area (Å²) >= 11 is 1.32. The molecule has 1 unspecified atom stereocenters. The van der Waals surface area contributed by atoms with E-state index in [9.17, 15) is 24.6 Å². The van der Waals surface area contributed by atoms with Gasteiger partial charge < -0.3 is 25.2 Å². The lowest BCUT2D eigenvalue weighted by Crippen LogP contribution is -2.50. The number of benzene rings is 2. The molecule has 0 spiro atoms. The number of hydrogen-bond donors (Lipinski definition) is 3. The Hall–Kier alpha value is -3.53. The minimum atomic E-state index is -1.89. The van der Waals surface area contributed by atoms with E-state index in [0.29, 0.717) is 18.0 Å². The molecule has 1 aliphatic heterocycles. The molecule has 2 aromatic carbocycles. The van der Waals surface area contributed by atoms with Crippen LogP contribution >= 0.6 is 11.3 Å². The molecule has 0 bridgehead atoms. The molecule has 2 amide bonds. The van der Waals surface area contributed by atoms with Crippen molar-refractivity contribution < 1.29 is 29.3 Å². The highest BCUT2D eigenvalue weighted by Crippen LogP contribution is 2.32. The fourth-order valence-electron chi connectivity index (χ4n) is 4.55. The third kappa shape index (κ3) is 6.30. The van der Waals surface area contributed by atoms with Crippen LogP contribution in [0.1, 0.15) is 53.0 Å². The third-order valence-electron chi connectivity index (χ3n) is 6.56. The molecule has 1 fully saturated rings. The zero-order chi connectivity index (χ0) is 27.1. The van der Waals surface area contributed by atoms with E-state index in [0.717, 1.165) is 41.5 Å². The summed E-state index contributed by atoms with van der Waals surface area (Å²) in [5.74, 6) is -1.84. The molecule has 8 nitrogen and oxygen atoms in total. The summed E-state index contributed by atoms with van der Waals surface area (Å²) in [7, 11) is 0. The number of amides is 2. The van der Waals surface area contributed by atoms with Crippen molar-refractivity contribution in [3.63, 3.8) is 0 Å². The highest BCUT2D eigenvalue weighted by Gasteiger charge is 2.38. The van der Waals surface area contributed by atoms with E-state index in [1.807, 2.05) is 60.8 Å². The Labute approximate surface area is 225 Å². The van der Waals surface area contributed by atoms with Gasteiger partial charge in [0.2, 0.25) is 0 Å². The summed E-state index contributed by atoms with van der Waals surface area (Å²) in [4.78, 5) is 39.9. The van der Waals surface area contributed by atoms with Crippen LogP contribution in [0.3, 0.4) is 0 Å². The fourth-order valence-corrected chi connectivity index (χ4v) is 5.36. The minimum absolute atomic E-state index is 0.0997. The molecule has 3 atom stereocenters. The summed E-state index contributed by atoms with van der Waals surface area (Å²) in [6.07, 6.45) is -1.46. The quantitative estimate of drug-likeness (QED) is 0.341. The van der Waals surface area contributed by atoms with Gasteiger partial charge in [-0.15, -0.1) is 11.3 Å². The zero-order valence-electron chi connectivity index (χ0n) is 21.2. The molecular weight excluding hydrogens is 504 g/mol. The molecule has 1 aliphatic rings. The van der Waals surface area contributed by atoms with E-state index in [1.54, 1.807) is 12.1 Å². The summed E-state index contributed by atoms with van der Waals surface area (Å²) in [6.45, 7) is 2.86. The van der Waals surface area contributed by atoms with Gasteiger partial charge in [0.15, 0.2) is 12.2 Å². The smallest absolute Gasteiger partial charge is 0.348 e. The SMILES string of the molecule is CCCOC(=O)c1sccc1-c1ccc(CNC(=O)C(O)[C@@H](O)C(=O)N2CCC[C@@H]2c2ccccc2)cc1. The van der Waals surface area contributed by atoms with Crippen molar-refractivity contribution >= 4 is 29.1 Å². The average molecular weight is 537 g/mol. The topological polar surface area (TPSA) is 116 Å². The zero-order valence-corrected chi connectivity index (χ0v) is 22.0. The Balaban J connectivity index is 1.33. The maximum absolute atomic E-state index is 12.9. The van der Waals surface area contributed by atoms with Gasteiger partial charge in [0.25, 0.3) is 11.8 Å². The number of carbonyl (C=O) groups is 3. The van der Waals surface area contributed by atoms with Crippen LogP contribution in [0.15, 0.2) is 66.0 Å². The molecule has 200 valence electrons. The number of aliphatic hydroxyl groups is 2. The van der Waals surface area contributed by atoms with E-state index in [-0.39, 0.29) is 18.6 Å². The monoisotopic (exact) mass is 536 g/mol. The van der Waals surface area contributed by atoms with Crippen molar-refractivity contribution in [2.75, 3.05) is 13.2 Å². The first kappa shape index (κ1) is 27.5. The Morgan fingerprint density at radius 3 is 2.50 bits per heavy atom. The second-order valence-electron chi connectivity index (χ2n) is 9.20. The van der Waals surface area contributed by atoms with Crippen LogP contribution in [0.25, 0.3) is 11.1 Å². The number of likely N-dealkylation sites (tertiary alicyclic amines) is 1. The van der Waals surface area contributed by atoms with Crippen LogP contribution < -0.4 is 5.32 Å². The van der Waals surface area contributed by atoms with E-state index in [2.05, 4.69) is 5.32 Å². The van der Waals surface area contributed by atoms with Crippen molar-refractivity contribution in [2.45, 2.75) is 51.0 Å². The Morgan fingerprint density at radius 2 is 1.79 bits per heavy atom. The highest BCUT2D eigenvalue weighted by atomic mass is 32.1. The van der Waals surface area contributed by atoms with Crippen LogP contribution in [0.5, 0.6) is 0 Å². The lowest BCUT2D eigenvalue weighted by molar-refractivity contribution is -0.153. The Bertz CT molecular complexity index is 1240. The van der Waals surface area contributed by atoms with Crippen LogP contribution in [-0.4, -0.2) is 58.3 Å². The largest absolute Gasteiger partial charge is 0.462 e. The molecular formula is C29H32N2O6S. The number of esters is 1. The number of rotatable bonds is 10. The first-order chi connectivity index (χ1) is 18.4. The number of aliphatic hydroxyl groups excluding tert-OH is 2. The highest BCUT2D eigenvalue weighted by molar-refractivity contribution is 7.12. The van der Waals surface area contributed by atoms with Crippen molar-refractivity contribution in [3.8, 4) is 11.1 Å². The molecule has 1 aromatic heterocycles. The Kier molecular flexibility index (Phi) is 9.28. The van der Waals surface area contributed by atoms with Gasteiger partial charge >= 0.3 is 5.97 Å². The molecule has 0 radical (unpaired) electrons. The number of nitrogens with one attached hydrogen (secondary N) is 1. The van der Waals surface area contributed by atoms with Gasteiger partial charge in [0, 0.05) is 18.7 Å². The van der Waals surface area contributed by atoms with Gasteiger partial charge in [-0.1, -0.05) is 61.5 Å². The second kappa shape index (κ2) is 12.8. The molecule has 3 N–H and O–H groups in total. The predicted octanol–water partition coefficient (Wildman–Crippen LogP) is 3.68. The van der Waals surface area contributed by atoms with E-state index in [1.165, 1.54) is 16.2 Å². The number of thiophene rings is 1. The number of nitrogens with zero attached hydrogens (tertiary/aromatic N) is 1. The van der Waals surface area contributed by atoms with Gasteiger partial charge in [0.1, 0.15) is 4.88 Å². The second-order valence-corrected chi connectivity index (χ2v) is 10.1. The fraction of sp³-hybridized carbons (Fsp3) is 0.345. The number of ether oxygens (including phenoxy) is 1. The van der Waals surface area contributed by atoms with Gasteiger partial charge in [-0.3, -0.25) is 9.59 Å². The first-order valence-corrected chi connectivity index (χ1v) is 13.6. The van der Waals surface area contributed by atoms with Crippen LogP contribution in [0.2, 0.25) is 0 Å². The lowest BCUT2D eigenvalue weighted by Gasteiger charge is -2.28. The van der Waals surface area contributed by atoms with E-state index in [4.69, 9.17) is 4.74 Å². The summed E-state index contributed by atoms with van der Waals surface area (Å²) in [6, 6.07) is 18.5. The number of hydrogen-bond acceptors (Lipinski definition) is 7. The minimum Gasteiger partial charge on any atom is -0.462 e. The average Bonchev–Trinajstić information content (AvgIpc) is 3.65. The van der Waals surface area contributed by atoms with Gasteiger partial charge in [0.05, 0.1) is 12.6 Å². The number of carbonyl (C=O) groups excluding carboxylic acids is 3. The Morgan fingerprint density at radius 1 is 1.05 bits per heavy atom. The van der Waals surface area contributed by atoms with Crippen LogP contribution in [0.4, 0.5) is 0 Å². The lowest BCUT2D eigenvalue weighted by atomic mass is 10.0. The van der Waals surface area contributed by atoms with Gasteiger partial charge in [-0.2, -0.15) is 0 Å². The van der Waals surface area contributed by atoms with Gasteiger partial charge in [-0.05, 0) is 47.4 Å². The van der Waals surface area contributed by atoms with Crippen molar-refractivity contribution in [1.29, 1.82) is 0 Å². The van der Waals surface area contributed by atoms with Crippen LogP contribution in [0, 0.1) is 0 Å². The predicted molar refractivity (Wildman–Crippen MR) is 144 cm³/mol. The molecule has 0 aliphatic carbocycles. The van der Waals surface area contributed by atoms with Crippen molar-refractivity contribution in [2.24, 2.45) is 0 Å². The third-order valence-corrected chi connectivity index (χ3v) is 7.45. The molecule has 38 heavy (non-hydrogen) atoms. The van der Waals surface area contributed by atoms with Crippen molar-refractivity contribution in [3.05, 3.63) is 82.0 Å². The summed E-state index contributed by atoms with van der Waals surface area (Å²) < 4.78 is 5.26. The summed E-state index contributed by atoms with van der Waals surface area (Å²) in [5.41, 5.74) is 3.33. The standard InChI is InChI=1S/C29H32N2O6S/c1-2-16-37-29(36)26-22(14-17-38-26)20-12-10-19(11-13-20)18-30-27(34)24(32)25(33)28(35)31-15-6-9-23(31)21-7-4-3-5-8-21/h3-5,7-8,10-14,17,23-25,32-33H,2,6,9,15-16,18H2,1H3,(H,30,34)/t23-,24?,25-/m1/s1. The maximum atomic E-state index is 12.9. The molecule has 3 aromatic rings. The summed E-state index contributed by atoms with van der Waals surface area (Å²) in [5, 5.41) is 25.3. The molecule has 0 saturated carbocycles. The molecule has 2 heterocycles. The molecule has 9 heteroatoms. The van der Waals surface area contributed by atoms with Gasteiger partial charge in [-0.25, -0.2) is 4.79 Å². The first-order valence-electron chi connectivity index (χ1n) is 12.7. The molecule has 1 saturated heterocycles. The normalized spacial score (nSPS) is 16.6. The van der Waals surface area contributed by atoms with Crippen molar-refractivity contribution in [1.82, 2.24) is 10.2 Å². The van der Waals surface area contributed by atoms with E-state index < -0.39 is 24.0 Å². The van der Waals surface area contributed by atoms with Crippen LogP contribution in [-0.2, 0) is 20.9 Å². The van der Waals surface area contributed by atoms with E-state index >= 15 is 0 Å².